The Morgan fingerprint density at radius 3 is 2.87 bits per heavy atom. The van der Waals surface area contributed by atoms with E-state index in [-0.39, 0.29) is 5.91 Å². The summed E-state index contributed by atoms with van der Waals surface area (Å²) in [4.78, 5) is 12.6. The van der Waals surface area contributed by atoms with Gasteiger partial charge in [-0.25, -0.2) is 0 Å². The van der Waals surface area contributed by atoms with Crippen molar-refractivity contribution in [2.75, 3.05) is 19.6 Å². The van der Waals surface area contributed by atoms with Crippen LogP contribution in [0.5, 0.6) is 0 Å². The molecule has 0 spiro atoms. The zero-order valence-electron chi connectivity index (χ0n) is 9.30. The summed E-state index contributed by atoms with van der Waals surface area (Å²) in [7, 11) is 0. The third-order valence-corrected chi connectivity index (χ3v) is 3.13. The van der Waals surface area contributed by atoms with Crippen LogP contribution in [0.15, 0.2) is 11.4 Å². The highest BCUT2D eigenvalue weighted by molar-refractivity contribution is 7.12. The van der Waals surface area contributed by atoms with Gasteiger partial charge in [0.1, 0.15) is 0 Å². The first-order chi connectivity index (χ1) is 7.29. The number of hydrogen-bond acceptors (Lipinski definition) is 3. The molecule has 0 unspecified atom stereocenters. The fourth-order valence-electron chi connectivity index (χ4n) is 1.33. The summed E-state index contributed by atoms with van der Waals surface area (Å²) in [5.41, 5.74) is 1.14. The van der Waals surface area contributed by atoms with E-state index in [4.69, 9.17) is 0 Å². The number of amides is 1. The summed E-state index contributed by atoms with van der Waals surface area (Å²) in [5.74, 6) is 0.0553. The van der Waals surface area contributed by atoms with Crippen LogP contribution >= 0.6 is 11.3 Å². The van der Waals surface area contributed by atoms with Crippen molar-refractivity contribution in [3.63, 3.8) is 0 Å². The van der Waals surface area contributed by atoms with E-state index < -0.39 is 0 Å². The quantitative estimate of drug-likeness (QED) is 0.724. The average molecular weight is 226 g/mol. The van der Waals surface area contributed by atoms with Gasteiger partial charge in [0, 0.05) is 13.1 Å². The van der Waals surface area contributed by atoms with E-state index in [2.05, 4.69) is 24.5 Å². The lowest BCUT2D eigenvalue weighted by Gasteiger charge is -2.05. The van der Waals surface area contributed by atoms with E-state index in [1.807, 2.05) is 11.4 Å². The number of carbonyl (C=O) groups excluding carboxylic acids is 1. The van der Waals surface area contributed by atoms with Gasteiger partial charge in [0.05, 0.1) is 4.88 Å². The van der Waals surface area contributed by atoms with E-state index in [1.165, 1.54) is 11.3 Å². The lowest BCUT2D eigenvalue weighted by molar-refractivity contribution is 0.0957. The molecule has 1 aromatic heterocycles. The molecule has 4 heteroatoms. The van der Waals surface area contributed by atoms with Crippen molar-refractivity contribution in [3.8, 4) is 0 Å². The maximum Gasteiger partial charge on any atom is 0.261 e. The normalized spacial score (nSPS) is 10.3. The molecule has 1 rings (SSSR count). The van der Waals surface area contributed by atoms with Gasteiger partial charge >= 0.3 is 0 Å². The second-order valence-electron chi connectivity index (χ2n) is 3.24. The number of likely N-dealkylation sites (N-methyl/N-ethyl adjacent to an activating group) is 1. The average Bonchev–Trinajstić information content (AvgIpc) is 2.72. The monoisotopic (exact) mass is 226 g/mol. The van der Waals surface area contributed by atoms with E-state index >= 15 is 0 Å². The summed E-state index contributed by atoms with van der Waals surface area (Å²) < 4.78 is 0. The van der Waals surface area contributed by atoms with Gasteiger partial charge in [0.2, 0.25) is 0 Å². The Bertz CT molecular complexity index is 309. The third kappa shape index (κ3) is 3.64. The minimum absolute atomic E-state index is 0.0553. The van der Waals surface area contributed by atoms with Crippen molar-refractivity contribution in [2.24, 2.45) is 0 Å². The minimum Gasteiger partial charge on any atom is -0.350 e. The topological polar surface area (TPSA) is 41.1 Å². The first kappa shape index (κ1) is 12.2. The molecule has 0 saturated carbocycles. The van der Waals surface area contributed by atoms with Crippen molar-refractivity contribution in [2.45, 2.75) is 20.3 Å². The van der Waals surface area contributed by atoms with Gasteiger partial charge in [0.25, 0.3) is 5.91 Å². The highest BCUT2D eigenvalue weighted by Crippen LogP contribution is 2.16. The first-order valence-corrected chi connectivity index (χ1v) is 6.22. The lowest BCUT2D eigenvalue weighted by Crippen LogP contribution is -2.31. The van der Waals surface area contributed by atoms with Crippen molar-refractivity contribution >= 4 is 17.2 Å². The lowest BCUT2D eigenvalue weighted by atomic mass is 10.2. The van der Waals surface area contributed by atoms with E-state index in [9.17, 15) is 4.79 Å². The van der Waals surface area contributed by atoms with Crippen LogP contribution in [-0.4, -0.2) is 25.5 Å². The molecular weight excluding hydrogens is 208 g/mol. The number of hydrogen-bond donors (Lipinski definition) is 2. The SMILES string of the molecule is CCNCCNC(=O)c1sccc1CC. The van der Waals surface area contributed by atoms with Crippen molar-refractivity contribution in [3.05, 3.63) is 21.9 Å². The van der Waals surface area contributed by atoms with Crippen LogP contribution < -0.4 is 10.6 Å². The summed E-state index contributed by atoms with van der Waals surface area (Å²) in [5, 5.41) is 8.04. The summed E-state index contributed by atoms with van der Waals surface area (Å²) in [6.45, 7) is 6.58. The predicted molar refractivity (Wildman–Crippen MR) is 64.6 cm³/mol. The van der Waals surface area contributed by atoms with Gasteiger partial charge in [0.15, 0.2) is 0 Å². The molecule has 84 valence electrons. The Labute approximate surface area is 94.9 Å². The number of thiophene rings is 1. The number of aryl methyl sites for hydroxylation is 1. The fourth-order valence-corrected chi connectivity index (χ4v) is 2.25. The first-order valence-electron chi connectivity index (χ1n) is 5.34. The second kappa shape index (κ2) is 6.58. The van der Waals surface area contributed by atoms with Gasteiger partial charge in [-0.05, 0) is 30.0 Å². The number of rotatable bonds is 6. The number of nitrogens with one attached hydrogen (secondary N) is 2. The Morgan fingerprint density at radius 1 is 1.40 bits per heavy atom. The van der Waals surface area contributed by atoms with Crippen molar-refractivity contribution in [1.29, 1.82) is 0 Å². The number of carbonyl (C=O) groups is 1. The molecule has 1 aromatic rings. The highest BCUT2D eigenvalue weighted by atomic mass is 32.1. The molecule has 15 heavy (non-hydrogen) atoms. The van der Waals surface area contributed by atoms with Crippen molar-refractivity contribution < 1.29 is 4.79 Å². The van der Waals surface area contributed by atoms with Crippen LogP contribution in [0.1, 0.15) is 29.1 Å². The molecule has 0 radical (unpaired) electrons. The van der Waals surface area contributed by atoms with Crippen LogP contribution in [0.25, 0.3) is 0 Å². The standard InChI is InChI=1S/C11H18N2OS/c1-3-9-5-8-15-10(9)11(14)13-7-6-12-4-2/h5,8,12H,3-4,6-7H2,1-2H3,(H,13,14). The molecule has 0 aromatic carbocycles. The zero-order valence-corrected chi connectivity index (χ0v) is 10.1. The predicted octanol–water partition coefficient (Wildman–Crippen LogP) is 1.65. The Hall–Kier alpha value is -0.870. The molecule has 2 N–H and O–H groups in total. The molecule has 0 aliphatic heterocycles. The molecule has 0 bridgehead atoms. The molecule has 0 aliphatic rings. The van der Waals surface area contributed by atoms with Gasteiger partial charge in [-0.3, -0.25) is 4.79 Å². The fraction of sp³-hybridized carbons (Fsp3) is 0.545. The van der Waals surface area contributed by atoms with Gasteiger partial charge in [-0.1, -0.05) is 13.8 Å². The Balaban J connectivity index is 2.40. The largest absolute Gasteiger partial charge is 0.350 e. The molecular formula is C11H18N2OS. The Morgan fingerprint density at radius 2 is 2.20 bits per heavy atom. The van der Waals surface area contributed by atoms with Crippen molar-refractivity contribution in [1.82, 2.24) is 10.6 Å². The third-order valence-electron chi connectivity index (χ3n) is 2.17. The molecule has 0 aliphatic carbocycles. The Kier molecular flexibility index (Phi) is 5.36. The minimum atomic E-state index is 0.0553. The van der Waals surface area contributed by atoms with Gasteiger partial charge in [-0.15, -0.1) is 11.3 Å². The maximum atomic E-state index is 11.7. The molecule has 0 fully saturated rings. The van der Waals surface area contributed by atoms with Crippen LogP contribution in [0, 0.1) is 0 Å². The summed E-state index contributed by atoms with van der Waals surface area (Å²) in [6.07, 6.45) is 0.916. The highest BCUT2D eigenvalue weighted by Gasteiger charge is 2.10. The molecule has 0 saturated heterocycles. The van der Waals surface area contributed by atoms with E-state index in [0.717, 1.165) is 30.0 Å². The molecule has 0 atom stereocenters. The second-order valence-corrected chi connectivity index (χ2v) is 4.15. The van der Waals surface area contributed by atoms with E-state index in [1.54, 1.807) is 0 Å². The molecule has 1 heterocycles. The molecule has 3 nitrogen and oxygen atoms in total. The maximum absolute atomic E-state index is 11.7. The van der Waals surface area contributed by atoms with Gasteiger partial charge < -0.3 is 10.6 Å². The summed E-state index contributed by atoms with van der Waals surface area (Å²) in [6, 6.07) is 2.02. The smallest absolute Gasteiger partial charge is 0.261 e. The molecule has 1 amide bonds. The zero-order chi connectivity index (χ0) is 11.1. The van der Waals surface area contributed by atoms with Gasteiger partial charge in [-0.2, -0.15) is 0 Å². The van der Waals surface area contributed by atoms with E-state index in [0.29, 0.717) is 6.54 Å². The summed E-state index contributed by atoms with van der Waals surface area (Å²) >= 11 is 1.51. The van der Waals surface area contributed by atoms with Crippen LogP contribution in [0.4, 0.5) is 0 Å². The van der Waals surface area contributed by atoms with Crippen LogP contribution in [0.3, 0.4) is 0 Å². The van der Waals surface area contributed by atoms with Crippen LogP contribution in [-0.2, 0) is 6.42 Å². The van der Waals surface area contributed by atoms with Crippen LogP contribution in [0.2, 0.25) is 0 Å².